The minimum absolute atomic E-state index is 0.107. The van der Waals surface area contributed by atoms with Gasteiger partial charge in [-0.15, -0.1) is 0 Å². The topological polar surface area (TPSA) is 81.9 Å². The fourth-order valence-corrected chi connectivity index (χ4v) is 2.04. The van der Waals surface area contributed by atoms with Crippen molar-refractivity contribution in [2.75, 3.05) is 0 Å². The molecule has 0 aliphatic heterocycles. The van der Waals surface area contributed by atoms with Crippen molar-refractivity contribution in [2.45, 2.75) is 6.92 Å². The highest BCUT2D eigenvalue weighted by Crippen LogP contribution is 2.31. The number of carbonyl (C=O) groups excluding carboxylic acids is 1. The van der Waals surface area contributed by atoms with Gasteiger partial charge in [-0.2, -0.15) is 5.10 Å². The summed E-state index contributed by atoms with van der Waals surface area (Å²) in [5, 5.41) is 23.1. The van der Waals surface area contributed by atoms with Gasteiger partial charge in [0.15, 0.2) is 0 Å². The van der Waals surface area contributed by atoms with Crippen molar-refractivity contribution in [3.8, 4) is 11.5 Å². The highest BCUT2D eigenvalue weighted by atomic mass is 79.9. The zero-order chi connectivity index (χ0) is 16.3. The number of rotatable bonds is 3. The van der Waals surface area contributed by atoms with E-state index in [9.17, 15) is 19.4 Å². The summed E-state index contributed by atoms with van der Waals surface area (Å²) in [6.45, 7) is 1.59. The van der Waals surface area contributed by atoms with Crippen LogP contribution in [0.5, 0.6) is 11.5 Å². The lowest BCUT2D eigenvalue weighted by molar-refractivity contribution is 0.0954. The zero-order valence-corrected chi connectivity index (χ0v) is 13.1. The molecule has 7 heteroatoms. The molecule has 0 fully saturated rings. The van der Waals surface area contributed by atoms with E-state index in [-0.39, 0.29) is 17.1 Å². The molecule has 2 aromatic rings. The number of phenolic OH excluding ortho intramolecular Hbond substituents is 2. The summed E-state index contributed by atoms with van der Waals surface area (Å²) >= 11 is 3.13. The third-order valence-corrected chi connectivity index (χ3v) is 3.52. The molecule has 114 valence electrons. The number of nitrogens with zero attached hydrogens (tertiary/aromatic N) is 1. The third-order valence-electron chi connectivity index (χ3n) is 2.89. The smallest absolute Gasteiger partial charge is 0.271 e. The molecule has 0 unspecified atom stereocenters. The summed E-state index contributed by atoms with van der Waals surface area (Å²) in [5.41, 5.74) is 3.27. The lowest BCUT2D eigenvalue weighted by atomic mass is 10.1. The van der Waals surface area contributed by atoms with Crippen LogP contribution in [0.25, 0.3) is 0 Å². The van der Waals surface area contributed by atoms with E-state index in [4.69, 9.17) is 0 Å². The van der Waals surface area contributed by atoms with Gasteiger partial charge in [0.25, 0.3) is 5.91 Å². The number of phenols is 2. The van der Waals surface area contributed by atoms with Crippen LogP contribution in [-0.2, 0) is 0 Å². The normalized spacial score (nSPS) is 11.3. The van der Waals surface area contributed by atoms with Crippen molar-refractivity contribution in [3.63, 3.8) is 0 Å². The second kappa shape index (κ2) is 6.57. The Morgan fingerprint density at radius 1 is 1.18 bits per heavy atom. The van der Waals surface area contributed by atoms with Crippen LogP contribution >= 0.6 is 15.9 Å². The lowest BCUT2D eigenvalue weighted by Crippen LogP contribution is -2.19. The van der Waals surface area contributed by atoms with Gasteiger partial charge in [-0.25, -0.2) is 9.82 Å². The fraction of sp³-hybridized carbons (Fsp3) is 0.0667. The summed E-state index contributed by atoms with van der Waals surface area (Å²) in [5.74, 6) is -1.21. The average molecular weight is 367 g/mol. The maximum Gasteiger partial charge on any atom is 0.271 e. The first-order chi connectivity index (χ1) is 10.4. The number of aromatic hydroxyl groups is 2. The molecule has 0 heterocycles. The summed E-state index contributed by atoms with van der Waals surface area (Å²) in [4.78, 5) is 11.8. The monoisotopic (exact) mass is 366 g/mol. The van der Waals surface area contributed by atoms with Crippen LogP contribution in [0.1, 0.15) is 22.8 Å². The van der Waals surface area contributed by atoms with Gasteiger partial charge in [-0.3, -0.25) is 4.79 Å². The average Bonchev–Trinajstić information content (AvgIpc) is 2.49. The number of hydrogen-bond donors (Lipinski definition) is 3. The predicted octanol–water partition coefficient (Wildman–Crippen LogP) is 3.15. The van der Waals surface area contributed by atoms with Crippen LogP contribution in [-0.4, -0.2) is 21.8 Å². The molecule has 2 rings (SSSR count). The summed E-state index contributed by atoms with van der Waals surface area (Å²) in [7, 11) is 0. The van der Waals surface area contributed by atoms with Crippen LogP contribution in [0.2, 0.25) is 0 Å². The molecule has 0 saturated carbocycles. The number of benzene rings is 2. The molecule has 0 saturated heterocycles. The highest BCUT2D eigenvalue weighted by Gasteiger charge is 2.10. The molecule has 22 heavy (non-hydrogen) atoms. The molecular weight excluding hydrogens is 355 g/mol. The number of hydrazone groups is 1. The molecular formula is C15H12BrFN2O3. The number of halogens is 2. The maximum absolute atomic E-state index is 12.8. The van der Waals surface area contributed by atoms with Crippen molar-refractivity contribution in [1.29, 1.82) is 0 Å². The Morgan fingerprint density at radius 3 is 2.45 bits per heavy atom. The molecule has 0 radical (unpaired) electrons. The molecule has 2 aromatic carbocycles. The Balaban J connectivity index is 2.17. The predicted molar refractivity (Wildman–Crippen MR) is 83.5 cm³/mol. The minimum Gasteiger partial charge on any atom is -0.507 e. The molecule has 0 aliphatic rings. The van der Waals surface area contributed by atoms with Gasteiger partial charge >= 0.3 is 0 Å². The molecule has 0 bridgehead atoms. The van der Waals surface area contributed by atoms with Crippen molar-refractivity contribution in [1.82, 2.24) is 5.43 Å². The number of amides is 1. The second-order valence-corrected chi connectivity index (χ2v) is 5.32. The number of carbonyl (C=O) groups is 1. The van der Waals surface area contributed by atoms with Crippen molar-refractivity contribution >= 4 is 27.5 Å². The first-order valence-electron chi connectivity index (χ1n) is 6.20. The Bertz CT molecular complexity index is 745. The minimum atomic E-state index is -0.503. The Labute approximate surface area is 134 Å². The molecule has 1 amide bonds. The number of nitrogens with one attached hydrogen (secondary N) is 1. The van der Waals surface area contributed by atoms with Crippen LogP contribution in [0.3, 0.4) is 0 Å². The van der Waals surface area contributed by atoms with E-state index in [1.165, 1.54) is 36.4 Å². The van der Waals surface area contributed by atoms with Crippen LogP contribution in [0.15, 0.2) is 46.0 Å². The van der Waals surface area contributed by atoms with Gasteiger partial charge in [0, 0.05) is 17.2 Å². The van der Waals surface area contributed by atoms with Crippen LogP contribution < -0.4 is 5.43 Å². The van der Waals surface area contributed by atoms with E-state index >= 15 is 0 Å². The van der Waals surface area contributed by atoms with Gasteiger partial charge < -0.3 is 10.2 Å². The van der Waals surface area contributed by atoms with Gasteiger partial charge in [0.05, 0.1) is 10.2 Å². The van der Waals surface area contributed by atoms with E-state index in [0.29, 0.717) is 15.7 Å². The summed E-state index contributed by atoms with van der Waals surface area (Å²) < 4.78 is 13.2. The van der Waals surface area contributed by atoms with Crippen molar-refractivity contribution in [3.05, 3.63) is 57.8 Å². The lowest BCUT2D eigenvalue weighted by Gasteiger charge is -2.07. The SMILES string of the molecule is C/C(=N/NC(=O)c1ccc(F)cc1)c1cc(Br)c(O)cc1O. The molecule has 0 aromatic heterocycles. The Hall–Kier alpha value is -2.41. The van der Waals surface area contributed by atoms with Gasteiger partial charge in [0.2, 0.25) is 0 Å². The van der Waals surface area contributed by atoms with Gasteiger partial charge in [0.1, 0.15) is 17.3 Å². The van der Waals surface area contributed by atoms with Crippen molar-refractivity contribution in [2.24, 2.45) is 5.10 Å². The molecule has 0 aliphatic carbocycles. The third kappa shape index (κ3) is 3.62. The fourth-order valence-electron chi connectivity index (χ4n) is 1.70. The van der Waals surface area contributed by atoms with E-state index in [2.05, 4.69) is 26.5 Å². The van der Waals surface area contributed by atoms with E-state index in [0.717, 1.165) is 0 Å². The first-order valence-corrected chi connectivity index (χ1v) is 7.00. The molecule has 3 N–H and O–H groups in total. The Morgan fingerprint density at radius 2 is 1.82 bits per heavy atom. The van der Waals surface area contributed by atoms with Gasteiger partial charge in [-0.05, 0) is 53.2 Å². The van der Waals surface area contributed by atoms with E-state index < -0.39 is 11.7 Å². The zero-order valence-electron chi connectivity index (χ0n) is 11.5. The highest BCUT2D eigenvalue weighted by molar-refractivity contribution is 9.10. The molecule has 0 atom stereocenters. The molecule has 5 nitrogen and oxygen atoms in total. The quantitative estimate of drug-likeness (QED) is 0.576. The van der Waals surface area contributed by atoms with Crippen LogP contribution in [0, 0.1) is 5.82 Å². The standard InChI is InChI=1S/C15H12BrFN2O3/c1-8(11-6-12(16)14(21)7-13(11)20)18-19-15(22)9-2-4-10(17)5-3-9/h2-7,20-21H,1H3,(H,19,22)/b18-8-. The van der Waals surface area contributed by atoms with Crippen molar-refractivity contribution < 1.29 is 19.4 Å². The second-order valence-electron chi connectivity index (χ2n) is 4.47. The first kappa shape index (κ1) is 16.0. The summed E-state index contributed by atoms with van der Waals surface area (Å²) in [6.07, 6.45) is 0. The maximum atomic E-state index is 12.8. The molecule has 0 spiro atoms. The number of hydrogen-bond acceptors (Lipinski definition) is 4. The van der Waals surface area contributed by atoms with Gasteiger partial charge in [-0.1, -0.05) is 0 Å². The van der Waals surface area contributed by atoms with E-state index in [1.54, 1.807) is 6.92 Å². The largest absolute Gasteiger partial charge is 0.507 e. The Kier molecular flexibility index (Phi) is 4.77. The van der Waals surface area contributed by atoms with Crippen LogP contribution in [0.4, 0.5) is 4.39 Å². The summed E-state index contributed by atoms with van der Waals surface area (Å²) in [6, 6.07) is 7.67. The van der Waals surface area contributed by atoms with E-state index in [1.807, 2.05) is 0 Å².